The number of amides is 1. The summed E-state index contributed by atoms with van der Waals surface area (Å²) in [4.78, 5) is 19.4. The lowest BCUT2D eigenvalue weighted by atomic mass is 10.1. The van der Waals surface area contributed by atoms with Crippen molar-refractivity contribution in [1.82, 2.24) is 18.9 Å². The normalized spacial score (nSPS) is 16.6. The minimum atomic E-state index is -4.95. The van der Waals surface area contributed by atoms with Gasteiger partial charge in [-0.05, 0) is 48.7 Å². The van der Waals surface area contributed by atoms with Crippen LogP contribution in [0.15, 0.2) is 57.6 Å². The van der Waals surface area contributed by atoms with Crippen LogP contribution < -0.4 is 15.0 Å². The molecular formula is C28H34F3N5O6S3. The van der Waals surface area contributed by atoms with E-state index in [1.54, 1.807) is 11.8 Å². The van der Waals surface area contributed by atoms with E-state index in [4.69, 9.17) is 0 Å². The van der Waals surface area contributed by atoms with Crippen molar-refractivity contribution in [2.75, 3.05) is 38.6 Å². The number of ether oxygens (including phenoxy) is 1. The average Bonchev–Trinajstić information content (AvgIpc) is 3.38. The van der Waals surface area contributed by atoms with Crippen molar-refractivity contribution in [3.05, 3.63) is 65.4 Å². The van der Waals surface area contributed by atoms with Crippen LogP contribution in [0.3, 0.4) is 0 Å². The topological polar surface area (TPSA) is 129 Å². The number of rotatable bonds is 11. The Balaban J connectivity index is 1.62. The van der Waals surface area contributed by atoms with Crippen LogP contribution in [0.2, 0.25) is 0 Å². The zero-order valence-corrected chi connectivity index (χ0v) is 27.5. The van der Waals surface area contributed by atoms with Gasteiger partial charge < -0.3 is 15.0 Å². The number of carbonyl (C=O) groups is 1. The summed E-state index contributed by atoms with van der Waals surface area (Å²) in [5.74, 6) is -1.19. The molecule has 1 aliphatic heterocycles. The highest BCUT2D eigenvalue weighted by Gasteiger charge is 2.41. The molecule has 1 N–H and O–H groups in total. The Morgan fingerprint density at radius 1 is 1.04 bits per heavy atom. The van der Waals surface area contributed by atoms with E-state index < -0.39 is 44.1 Å². The third-order valence-corrected chi connectivity index (χ3v) is 12.6. The molecule has 45 heavy (non-hydrogen) atoms. The predicted molar refractivity (Wildman–Crippen MR) is 163 cm³/mol. The molecule has 1 atom stereocenters. The van der Waals surface area contributed by atoms with Crippen molar-refractivity contribution in [2.24, 2.45) is 0 Å². The number of anilines is 1. The van der Waals surface area contributed by atoms with Crippen LogP contribution >= 0.6 is 11.3 Å². The number of hydrogen-bond acceptors (Lipinski definition) is 9. The fourth-order valence-electron chi connectivity index (χ4n) is 4.72. The molecule has 1 amide bonds. The third kappa shape index (κ3) is 8.13. The molecule has 4 rings (SSSR count). The molecule has 0 radical (unpaired) electrons. The molecule has 1 aromatic heterocycles. The van der Waals surface area contributed by atoms with E-state index >= 15 is 0 Å². The Hall–Kier alpha value is -3.25. The van der Waals surface area contributed by atoms with Crippen molar-refractivity contribution in [3.63, 3.8) is 0 Å². The second-order valence-electron chi connectivity index (χ2n) is 10.5. The van der Waals surface area contributed by atoms with Crippen LogP contribution in [-0.4, -0.2) is 82.5 Å². The molecule has 0 unspecified atom stereocenters. The summed E-state index contributed by atoms with van der Waals surface area (Å²) < 4.78 is 96.9. The summed E-state index contributed by atoms with van der Waals surface area (Å²) in [6.07, 6.45) is -3.05. The fourth-order valence-corrected chi connectivity index (χ4v) is 8.97. The fraction of sp³-hybridized carbons (Fsp3) is 0.429. The highest BCUT2D eigenvalue weighted by molar-refractivity contribution is 7.91. The van der Waals surface area contributed by atoms with E-state index in [0.29, 0.717) is 5.13 Å². The van der Waals surface area contributed by atoms with Crippen LogP contribution in [0.1, 0.15) is 30.2 Å². The average molecular weight is 690 g/mol. The molecule has 11 nitrogen and oxygen atoms in total. The quantitative estimate of drug-likeness (QED) is 0.323. The van der Waals surface area contributed by atoms with Crippen molar-refractivity contribution in [1.29, 1.82) is 0 Å². The van der Waals surface area contributed by atoms with Crippen LogP contribution in [-0.2, 0) is 37.8 Å². The summed E-state index contributed by atoms with van der Waals surface area (Å²) in [5, 5.41) is 3.11. The number of benzene rings is 2. The molecule has 246 valence electrons. The maximum Gasteiger partial charge on any atom is 0.573 e. The first-order chi connectivity index (χ1) is 21.0. The molecule has 2 heterocycles. The van der Waals surface area contributed by atoms with E-state index in [1.165, 1.54) is 14.1 Å². The van der Waals surface area contributed by atoms with Gasteiger partial charge in [-0.15, -0.1) is 13.2 Å². The van der Waals surface area contributed by atoms with Crippen LogP contribution in [0.5, 0.6) is 5.75 Å². The van der Waals surface area contributed by atoms with Gasteiger partial charge in [-0.3, -0.25) is 4.79 Å². The number of halogens is 3. The highest BCUT2D eigenvalue weighted by atomic mass is 32.2. The van der Waals surface area contributed by atoms with Crippen LogP contribution in [0.4, 0.5) is 18.3 Å². The van der Waals surface area contributed by atoms with E-state index in [9.17, 15) is 34.8 Å². The van der Waals surface area contributed by atoms with E-state index in [-0.39, 0.29) is 41.0 Å². The largest absolute Gasteiger partial charge is 0.573 e. The Labute approximate surface area is 264 Å². The minimum absolute atomic E-state index is 0.0336. The number of nitrogens with one attached hydrogen (secondary N) is 1. The monoisotopic (exact) mass is 689 g/mol. The van der Waals surface area contributed by atoms with Gasteiger partial charge in [-0.1, -0.05) is 48.9 Å². The van der Waals surface area contributed by atoms with Crippen LogP contribution in [0.25, 0.3) is 0 Å². The number of carbonyl (C=O) groups excluding carboxylic acids is 1. The van der Waals surface area contributed by atoms with Crippen molar-refractivity contribution >= 4 is 42.4 Å². The number of alkyl halides is 3. The molecule has 0 bridgehead atoms. The number of aryl methyl sites for hydroxylation is 2. The number of piperazine rings is 1. The third-order valence-electron chi connectivity index (χ3n) is 7.05. The molecule has 17 heteroatoms. The Morgan fingerprint density at radius 2 is 1.67 bits per heavy atom. The Morgan fingerprint density at radius 3 is 2.24 bits per heavy atom. The van der Waals surface area contributed by atoms with E-state index in [1.807, 2.05) is 24.3 Å². The predicted octanol–water partition coefficient (Wildman–Crippen LogP) is 3.75. The first-order valence-electron chi connectivity index (χ1n) is 13.9. The van der Waals surface area contributed by atoms with Gasteiger partial charge in [0.1, 0.15) is 11.8 Å². The molecule has 0 aliphatic carbocycles. The number of hydrogen-bond donors (Lipinski definition) is 1. The van der Waals surface area contributed by atoms with Gasteiger partial charge in [0.15, 0.2) is 9.34 Å². The van der Waals surface area contributed by atoms with Crippen molar-refractivity contribution in [3.8, 4) is 5.75 Å². The lowest BCUT2D eigenvalue weighted by Crippen LogP contribution is -2.60. The zero-order chi connectivity index (χ0) is 33.2. The maximum absolute atomic E-state index is 13.7. The van der Waals surface area contributed by atoms with Gasteiger partial charge in [-0.25, -0.2) is 26.1 Å². The van der Waals surface area contributed by atoms with Gasteiger partial charge in [0, 0.05) is 40.3 Å². The lowest BCUT2D eigenvalue weighted by molar-refractivity contribution is -0.274. The van der Waals surface area contributed by atoms with Gasteiger partial charge in [0.2, 0.25) is 15.9 Å². The zero-order valence-electron chi connectivity index (χ0n) is 25.0. The van der Waals surface area contributed by atoms with Gasteiger partial charge in [-0.2, -0.15) is 4.31 Å². The number of nitrogens with zero attached hydrogens (tertiary/aromatic N) is 4. The molecule has 2 aromatic carbocycles. The van der Waals surface area contributed by atoms with Gasteiger partial charge in [0.05, 0.1) is 10.6 Å². The molecule has 1 fully saturated rings. The second-order valence-corrected chi connectivity index (χ2v) is 15.8. The second kappa shape index (κ2) is 13.6. The molecule has 3 aromatic rings. The SMILES string of the molecule is CCCc1ccc(CNC(=O)[C@H]2CN(c3nc(C)c(S(=O)(=O)N(C)C)s3)CCN2S(=O)(=O)c2ccc(OC(F)(F)F)cc2)cc1. The summed E-state index contributed by atoms with van der Waals surface area (Å²) in [6.45, 7) is 3.50. The highest BCUT2D eigenvalue weighted by Crippen LogP contribution is 2.34. The molecule has 1 aliphatic rings. The summed E-state index contributed by atoms with van der Waals surface area (Å²) in [6, 6.07) is 10.1. The summed E-state index contributed by atoms with van der Waals surface area (Å²) in [7, 11) is -5.36. The van der Waals surface area contributed by atoms with E-state index in [0.717, 1.165) is 68.2 Å². The molecule has 0 saturated carbocycles. The van der Waals surface area contributed by atoms with Crippen LogP contribution in [0, 0.1) is 6.92 Å². The number of sulfonamides is 2. The van der Waals surface area contributed by atoms with Crippen molar-refractivity contribution < 1.29 is 39.5 Å². The maximum atomic E-state index is 13.7. The van der Waals surface area contributed by atoms with Gasteiger partial charge >= 0.3 is 6.36 Å². The number of aromatic nitrogens is 1. The number of thiazole rings is 1. The summed E-state index contributed by atoms with van der Waals surface area (Å²) >= 11 is 0.921. The smallest absolute Gasteiger partial charge is 0.406 e. The molecule has 0 spiro atoms. The summed E-state index contributed by atoms with van der Waals surface area (Å²) in [5.41, 5.74) is 2.22. The van der Waals surface area contributed by atoms with Crippen molar-refractivity contribution in [2.45, 2.75) is 54.7 Å². The molecule has 1 saturated heterocycles. The van der Waals surface area contributed by atoms with E-state index in [2.05, 4.69) is 22.0 Å². The molecular weight excluding hydrogens is 656 g/mol. The first-order valence-corrected chi connectivity index (χ1v) is 17.6. The standard InChI is InChI=1S/C28H34F3N5O6S3/c1-5-6-20-7-9-21(10-8-20)17-32-25(37)24-18-35(27-33-19(2)26(43-27)45(40,41)34(3)4)15-16-36(24)44(38,39)23-13-11-22(12-14-23)42-28(29,30)31/h7-14,24H,5-6,15-18H2,1-4H3,(H,32,37)/t24-/m1/s1. The Kier molecular flexibility index (Phi) is 10.5. The lowest BCUT2D eigenvalue weighted by Gasteiger charge is -2.39. The van der Waals surface area contributed by atoms with Gasteiger partial charge in [0.25, 0.3) is 10.0 Å². The minimum Gasteiger partial charge on any atom is -0.406 e. The Bertz CT molecular complexity index is 1710. The first kappa shape index (κ1) is 34.6.